The zero-order valence-electron chi connectivity index (χ0n) is 9.59. The van der Waals surface area contributed by atoms with Gasteiger partial charge in [0.15, 0.2) is 0 Å². The van der Waals surface area contributed by atoms with Crippen LogP contribution in [0.2, 0.25) is 5.02 Å². The van der Waals surface area contributed by atoms with Crippen molar-refractivity contribution in [1.82, 2.24) is 5.32 Å². The number of hydrogen-bond donors (Lipinski definition) is 2. The molecular weight excluding hydrogens is 224 g/mol. The van der Waals surface area contributed by atoms with Crippen molar-refractivity contribution in [3.8, 4) is 0 Å². The van der Waals surface area contributed by atoms with E-state index in [2.05, 4.69) is 5.32 Å². The van der Waals surface area contributed by atoms with Crippen molar-refractivity contribution in [3.63, 3.8) is 0 Å². The van der Waals surface area contributed by atoms with Gasteiger partial charge in [0.05, 0.1) is 0 Å². The van der Waals surface area contributed by atoms with Crippen LogP contribution in [0.5, 0.6) is 0 Å². The fourth-order valence-corrected chi connectivity index (χ4v) is 1.75. The molecule has 0 aliphatic rings. The number of rotatable bonds is 4. The first-order valence-corrected chi connectivity index (χ1v) is 5.72. The molecule has 1 unspecified atom stereocenters. The van der Waals surface area contributed by atoms with E-state index in [-0.39, 0.29) is 11.9 Å². The first-order chi connectivity index (χ1) is 7.56. The third-order valence-electron chi connectivity index (χ3n) is 2.42. The molecule has 3 N–H and O–H groups in total. The molecule has 0 aliphatic carbocycles. The molecule has 0 saturated carbocycles. The van der Waals surface area contributed by atoms with Gasteiger partial charge in [-0.3, -0.25) is 4.79 Å². The number of benzene rings is 1. The summed E-state index contributed by atoms with van der Waals surface area (Å²) in [6.45, 7) is 4.34. The van der Waals surface area contributed by atoms with Crippen LogP contribution in [0, 0.1) is 6.92 Å². The monoisotopic (exact) mass is 240 g/mol. The summed E-state index contributed by atoms with van der Waals surface area (Å²) in [5, 5.41) is 3.44. The Bertz CT molecular complexity index is 355. The molecule has 4 heteroatoms. The molecular formula is C12H17ClN2O. The Hall–Kier alpha value is -1.06. The smallest absolute Gasteiger partial charge is 0.251 e. The summed E-state index contributed by atoms with van der Waals surface area (Å²) in [4.78, 5) is 11.9. The quantitative estimate of drug-likeness (QED) is 0.847. The molecule has 0 aromatic heterocycles. The Morgan fingerprint density at radius 1 is 1.50 bits per heavy atom. The SMILES string of the molecule is CCC(CN)NC(=O)c1cc(C)cc(Cl)c1. The Labute approximate surface area is 101 Å². The van der Waals surface area contributed by atoms with Crippen molar-refractivity contribution >= 4 is 17.5 Å². The van der Waals surface area contributed by atoms with Crippen molar-refractivity contribution < 1.29 is 4.79 Å². The lowest BCUT2D eigenvalue weighted by molar-refractivity contribution is 0.0937. The second-order valence-electron chi connectivity index (χ2n) is 3.83. The molecule has 0 spiro atoms. The first kappa shape index (κ1) is 13.0. The summed E-state index contributed by atoms with van der Waals surface area (Å²) in [6.07, 6.45) is 0.821. The minimum absolute atomic E-state index is 0.0202. The number of amides is 1. The minimum atomic E-state index is -0.122. The maximum Gasteiger partial charge on any atom is 0.251 e. The van der Waals surface area contributed by atoms with E-state index in [1.54, 1.807) is 6.07 Å². The average Bonchev–Trinajstić information content (AvgIpc) is 2.24. The number of aryl methyl sites for hydroxylation is 1. The topological polar surface area (TPSA) is 55.1 Å². The lowest BCUT2D eigenvalue weighted by atomic mass is 10.1. The van der Waals surface area contributed by atoms with Crippen LogP contribution >= 0.6 is 11.6 Å². The summed E-state index contributed by atoms with van der Waals surface area (Å²) in [6, 6.07) is 5.31. The Balaban J connectivity index is 2.80. The van der Waals surface area contributed by atoms with Crippen LogP contribution in [0.15, 0.2) is 18.2 Å². The number of nitrogens with two attached hydrogens (primary N) is 1. The highest BCUT2D eigenvalue weighted by Gasteiger charge is 2.11. The van der Waals surface area contributed by atoms with Crippen LogP contribution < -0.4 is 11.1 Å². The molecule has 0 fully saturated rings. The molecule has 0 heterocycles. The van der Waals surface area contributed by atoms with Gasteiger partial charge in [-0.15, -0.1) is 0 Å². The molecule has 3 nitrogen and oxygen atoms in total. The van der Waals surface area contributed by atoms with E-state index >= 15 is 0 Å². The van der Waals surface area contributed by atoms with Gasteiger partial charge < -0.3 is 11.1 Å². The third kappa shape index (κ3) is 3.51. The van der Waals surface area contributed by atoms with Crippen molar-refractivity contribution in [2.75, 3.05) is 6.54 Å². The van der Waals surface area contributed by atoms with Crippen LogP contribution in [0.3, 0.4) is 0 Å². The molecule has 16 heavy (non-hydrogen) atoms. The van der Waals surface area contributed by atoms with Crippen molar-refractivity contribution in [3.05, 3.63) is 34.3 Å². The normalized spacial score (nSPS) is 12.2. The van der Waals surface area contributed by atoms with Gasteiger partial charge in [-0.25, -0.2) is 0 Å². The lowest BCUT2D eigenvalue weighted by Crippen LogP contribution is -2.39. The van der Waals surface area contributed by atoms with Crippen LogP contribution in [0.1, 0.15) is 29.3 Å². The molecule has 88 valence electrons. The van der Waals surface area contributed by atoms with Gasteiger partial charge in [0, 0.05) is 23.2 Å². The molecule has 1 rings (SSSR count). The maximum absolute atomic E-state index is 11.9. The largest absolute Gasteiger partial charge is 0.348 e. The van der Waals surface area contributed by atoms with Crippen molar-refractivity contribution in [1.29, 1.82) is 0 Å². The van der Waals surface area contributed by atoms with Crippen molar-refractivity contribution in [2.45, 2.75) is 26.3 Å². The fraction of sp³-hybridized carbons (Fsp3) is 0.417. The molecule has 0 aliphatic heterocycles. The second kappa shape index (κ2) is 5.87. The van der Waals surface area contributed by atoms with Gasteiger partial charge in [-0.1, -0.05) is 18.5 Å². The summed E-state index contributed by atoms with van der Waals surface area (Å²) in [5.41, 5.74) is 7.08. The Kier molecular flexibility index (Phi) is 4.77. The highest BCUT2D eigenvalue weighted by atomic mass is 35.5. The average molecular weight is 241 g/mol. The van der Waals surface area contributed by atoms with Crippen LogP contribution in [-0.4, -0.2) is 18.5 Å². The molecule has 1 atom stereocenters. The zero-order chi connectivity index (χ0) is 12.1. The van der Waals surface area contributed by atoms with E-state index in [0.29, 0.717) is 17.1 Å². The predicted molar refractivity (Wildman–Crippen MR) is 66.8 cm³/mol. The van der Waals surface area contributed by atoms with E-state index in [9.17, 15) is 4.79 Å². The van der Waals surface area contributed by atoms with Gasteiger partial charge in [-0.05, 0) is 37.1 Å². The van der Waals surface area contributed by atoms with Gasteiger partial charge in [-0.2, -0.15) is 0 Å². The highest BCUT2D eigenvalue weighted by molar-refractivity contribution is 6.31. The van der Waals surface area contributed by atoms with Crippen molar-refractivity contribution in [2.24, 2.45) is 5.73 Å². The molecule has 0 radical (unpaired) electrons. The minimum Gasteiger partial charge on any atom is -0.348 e. The van der Waals surface area contributed by atoms with E-state index in [0.717, 1.165) is 12.0 Å². The number of nitrogens with one attached hydrogen (secondary N) is 1. The van der Waals surface area contributed by atoms with E-state index in [1.165, 1.54) is 0 Å². The first-order valence-electron chi connectivity index (χ1n) is 5.35. The highest BCUT2D eigenvalue weighted by Crippen LogP contribution is 2.14. The Morgan fingerprint density at radius 2 is 2.19 bits per heavy atom. The summed E-state index contributed by atoms with van der Waals surface area (Å²) < 4.78 is 0. The number of hydrogen-bond acceptors (Lipinski definition) is 2. The molecule has 0 saturated heterocycles. The molecule has 1 amide bonds. The number of halogens is 1. The predicted octanol–water partition coefficient (Wildman–Crippen LogP) is 2.12. The van der Waals surface area contributed by atoms with Crippen LogP contribution in [-0.2, 0) is 0 Å². The van der Waals surface area contributed by atoms with Gasteiger partial charge in [0.2, 0.25) is 0 Å². The third-order valence-corrected chi connectivity index (χ3v) is 2.64. The summed E-state index contributed by atoms with van der Waals surface area (Å²) in [7, 11) is 0. The molecule has 1 aromatic carbocycles. The fourth-order valence-electron chi connectivity index (χ4n) is 1.46. The number of carbonyl (C=O) groups excluding carboxylic acids is 1. The van der Waals surface area contributed by atoms with E-state index in [1.807, 2.05) is 26.0 Å². The lowest BCUT2D eigenvalue weighted by Gasteiger charge is -2.14. The standard InChI is InChI=1S/C12H17ClN2O/c1-3-11(7-14)15-12(16)9-4-8(2)5-10(13)6-9/h4-6,11H,3,7,14H2,1-2H3,(H,15,16). The van der Waals surface area contributed by atoms with E-state index in [4.69, 9.17) is 17.3 Å². The molecule has 0 bridgehead atoms. The van der Waals surface area contributed by atoms with Gasteiger partial charge in [0.1, 0.15) is 0 Å². The number of carbonyl (C=O) groups is 1. The second-order valence-corrected chi connectivity index (χ2v) is 4.27. The van der Waals surface area contributed by atoms with E-state index < -0.39 is 0 Å². The molecule has 1 aromatic rings. The van der Waals surface area contributed by atoms with Gasteiger partial charge >= 0.3 is 0 Å². The Morgan fingerprint density at radius 3 is 2.69 bits per heavy atom. The summed E-state index contributed by atoms with van der Waals surface area (Å²) >= 11 is 5.89. The zero-order valence-corrected chi connectivity index (χ0v) is 10.3. The maximum atomic E-state index is 11.9. The van der Waals surface area contributed by atoms with Crippen LogP contribution in [0.25, 0.3) is 0 Å². The summed E-state index contributed by atoms with van der Waals surface area (Å²) in [5.74, 6) is -0.122. The van der Waals surface area contributed by atoms with Gasteiger partial charge in [0.25, 0.3) is 5.91 Å². The van der Waals surface area contributed by atoms with Crippen LogP contribution in [0.4, 0.5) is 0 Å².